The molecule has 5 rings (SSSR count). The van der Waals surface area contributed by atoms with Crippen molar-refractivity contribution in [3.8, 4) is 5.75 Å². The van der Waals surface area contributed by atoms with Crippen molar-refractivity contribution in [3.63, 3.8) is 0 Å². The lowest BCUT2D eigenvalue weighted by atomic mass is 9.88. The minimum atomic E-state index is 0.312. The number of benzene rings is 1. The SMILES string of the molecule is CCCc1cnc(N2CCC(C3Cc4cc(C5=CCNCC5)ccc4O3)CC2)nc1. The van der Waals surface area contributed by atoms with Gasteiger partial charge in [-0.25, -0.2) is 9.97 Å². The van der Waals surface area contributed by atoms with Crippen LogP contribution in [0.15, 0.2) is 36.7 Å². The number of fused-ring (bicyclic) bond motifs is 1. The zero-order chi connectivity index (χ0) is 20.3. The minimum absolute atomic E-state index is 0.312. The number of anilines is 1. The monoisotopic (exact) mass is 404 g/mol. The molecular weight excluding hydrogens is 372 g/mol. The quantitative estimate of drug-likeness (QED) is 0.816. The van der Waals surface area contributed by atoms with Crippen molar-refractivity contribution >= 4 is 11.5 Å². The topological polar surface area (TPSA) is 50.3 Å². The Morgan fingerprint density at radius 2 is 2.00 bits per heavy atom. The fourth-order valence-corrected chi connectivity index (χ4v) is 5.02. The van der Waals surface area contributed by atoms with E-state index in [1.54, 1.807) is 0 Å². The molecule has 1 aromatic carbocycles. The molecule has 1 aromatic heterocycles. The largest absolute Gasteiger partial charge is 0.490 e. The number of hydrogen-bond donors (Lipinski definition) is 1. The van der Waals surface area contributed by atoms with E-state index in [-0.39, 0.29) is 0 Å². The van der Waals surface area contributed by atoms with Gasteiger partial charge >= 0.3 is 0 Å². The normalized spacial score (nSPS) is 21.8. The maximum Gasteiger partial charge on any atom is 0.225 e. The Morgan fingerprint density at radius 1 is 1.17 bits per heavy atom. The number of rotatable bonds is 5. The fourth-order valence-electron chi connectivity index (χ4n) is 5.02. The van der Waals surface area contributed by atoms with E-state index >= 15 is 0 Å². The van der Waals surface area contributed by atoms with Crippen LogP contribution in [0.3, 0.4) is 0 Å². The van der Waals surface area contributed by atoms with Gasteiger partial charge in [0.2, 0.25) is 5.95 Å². The molecule has 1 atom stereocenters. The standard InChI is InChI=1S/C25H32N4O/c1-2-3-18-16-27-25(28-17-18)29-12-8-20(9-13-29)24-15-22-14-21(4-5-23(22)30-24)19-6-10-26-11-7-19/h4-6,14,16-17,20,24,26H,2-3,7-13,15H2,1H3. The molecule has 1 N–H and O–H groups in total. The van der Waals surface area contributed by atoms with Crippen molar-refractivity contribution in [2.24, 2.45) is 5.92 Å². The van der Waals surface area contributed by atoms with Gasteiger partial charge in [0.1, 0.15) is 11.9 Å². The molecule has 5 nitrogen and oxygen atoms in total. The van der Waals surface area contributed by atoms with Gasteiger partial charge in [0, 0.05) is 38.4 Å². The van der Waals surface area contributed by atoms with Crippen LogP contribution >= 0.6 is 0 Å². The predicted molar refractivity (Wildman–Crippen MR) is 121 cm³/mol. The summed E-state index contributed by atoms with van der Waals surface area (Å²) in [6.07, 6.45) is 13.2. The molecule has 158 valence electrons. The number of nitrogens with one attached hydrogen (secondary N) is 1. The van der Waals surface area contributed by atoms with Gasteiger partial charge in [-0.05, 0) is 72.5 Å². The van der Waals surface area contributed by atoms with Crippen LogP contribution in [0.5, 0.6) is 5.75 Å². The molecule has 3 aliphatic rings. The summed E-state index contributed by atoms with van der Waals surface area (Å²) in [5, 5.41) is 3.40. The molecule has 2 aromatic rings. The van der Waals surface area contributed by atoms with Crippen molar-refractivity contribution in [2.75, 3.05) is 31.1 Å². The van der Waals surface area contributed by atoms with E-state index in [9.17, 15) is 0 Å². The first-order chi connectivity index (χ1) is 14.8. The highest BCUT2D eigenvalue weighted by Gasteiger charge is 2.33. The van der Waals surface area contributed by atoms with Crippen molar-refractivity contribution in [3.05, 3.63) is 53.4 Å². The Kier molecular flexibility index (Phi) is 5.71. The summed E-state index contributed by atoms with van der Waals surface area (Å²) >= 11 is 0. The molecule has 0 aliphatic carbocycles. The number of ether oxygens (including phenoxy) is 1. The average Bonchev–Trinajstić information content (AvgIpc) is 3.24. The summed E-state index contributed by atoms with van der Waals surface area (Å²) in [6, 6.07) is 6.79. The van der Waals surface area contributed by atoms with Crippen LogP contribution in [0.1, 0.15) is 49.3 Å². The maximum absolute atomic E-state index is 6.39. The molecular formula is C25H32N4O. The second-order valence-electron chi connectivity index (χ2n) is 8.83. The van der Waals surface area contributed by atoms with Gasteiger partial charge in [0.15, 0.2) is 0 Å². The smallest absolute Gasteiger partial charge is 0.225 e. The summed E-state index contributed by atoms with van der Waals surface area (Å²) in [7, 11) is 0. The first-order valence-electron chi connectivity index (χ1n) is 11.6. The Hall–Kier alpha value is -2.40. The third-order valence-electron chi connectivity index (χ3n) is 6.77. The van der Waals surface area contributed by atoms with Crippen LogP contribution in [0.4, 0.5) is 5.95 Å². The molecule has 3 aliphatic heterocycles. The minimum Gasteiger partial charge on any atom is -0.490 e. The van der Waals surface area contributed by atoms with Gasteiger partial charge < -0.3 is 15.0 Å². The fraction of sp³-hybridized carbons (Fsp3) is 0.520. The number of nitrogens with zero attached hydrogens (tertiary/aromatic N) is 3. The van der Waals surface area contributed by atoms with Crippen LogP contribution in [0.25, 0.3) is 5.57 Å². The Bertz CT molecular complexity index is 900. The molecule has 1 unspecified atom stereocenters. The van der Waals surface area contributed by atoms with Gasteiger partial charge in [-0.1, -0.05) is 25.5 Å². The van der Waals surface area contributed by atoms with E-state index in [4.69, 9.17) is 4.74 Å². The van der Waals surface area contributed by atoms with E-state index in [0.717, 1.165) is 76.4 Å². The molecule has 0 spiro atoms. The third kappa shape index (κ3) is 4.08. The highest BCUT2D eigenvalue weighted by atomic mass is 16.5. The van der Waals surface area contributed by atoms with Crippen LogP contribution in [0, 0.1) is 5.92 Å². The average molecular weight is 405 g/mol. The maximum atomic E-state index is 6.39. The van der Waals surface area contributed by atoms with Crippen molar-refractivity contribution in [1.82, 2.24) is 15.3 Å². The van der Waals surface area contributed by atoms with Crippen molar-refractivity contribution in [1.29, 1.82) is 0 Å². The summed E-state index contributed by atoms with van der Waals surface area (Å²) in [5.41, 5.74) is 5.46. The molecule has 0 bridgehead atoms. The molecule has 0 radical (unpaired) electrons. The van der Waals surface area contributed by atoms with Crippen molar-refractivity contribution < 1.29 is 4.74 Å². The van der Waals surface area contributed by atoms with E-state index in [2.05, 4.69) is 51.4 Å². The number of hydrogen-bond acceptors (Lipinski definition) is 5. The first-order valence-corrected chi connectivity index (χ1v) is 11.6. The van der Waals surface area contributed by atoms with E-state index < -0.39 is 0 Å². The summed E-state index contributed by atoms with van der Waals surface area (Å²) in [5.74, 6) is 2.58. The van der Waals surface area contributed by atoms with Gasteiger partial charge in [0.05, 0.1) is 0 Å². The molecule has 0 saturated carbocycles. The Labute approximate surface area is 179 Å². The van der Waals surface area contributed by atoms with Crippen LogP contribution in [0.2, 0.25) is 0 Å². The summed E-state index contributed by atoms with van der Waals surface area (Å²) < 4.78 is 6.39. The van der Waals surface area contributed by atoms with Gasteiger partial charge in [-0.2, -0.15) is 0 Å². The van der Waals surface area contributed by atoms with Gasteiger partial charge in [-0.3, -0.25) is 0 Å². The van der Waals surface area contributed by atoms with Crippen LogP contribution in [-0.4, -0.2) is 42.3 Å². The summed E-state index contributed by atoms with van der Waals surface area (Å²) in [4.78, 5) is 11.5. The lowest BCUT2D eigenvalue weighted by Crippen LogP contribution is -2.40. The highest BCUT2D eigenvalue weighted by Crippen LogP contribution is 2.37. The summed E-state index contributed by atoms with van der Waals surface area (Å²) in [6.45, 7) is 6.27. The number of aryl methyl sites for hydroxylation is 1. The lowest BCUT2D eigenvalue weighted by molar-refractivity contribution is 0.138. The number of piperidine rings is 1. The van der Waals surface area contributed by atoms with E-state index in [0.29, 0.717) is 12.0 Å². The van der Waals surface area contributed by atoms with Gasteiger partial charge in [-0.15, -0.1) is 0 Å². The van der Waals surface area contributed by atoms with E-state index in [1.165, 1.54) is 22.3 Å². The molecule has 5 heteroatoms. The van der Waals surface area contributed by atoms with Crippen molar-refractivity contribution in [2.45, 2.75) is 51.6 Å². The highest BCUT2D eigenvalue weighted by molar-refractivity contribution is 5.68. The zero-order valence-corrected chi connectivity index (χ0v) is 17.9. The van der Waals surface area contributed by atoms with Crippen LogP contribution < -0.4 is 15.0 Å². The third-order valence-corrected chi connectivity index (χ3v) is 6.77. The second-order valence-corrected chi connectivity index (χ2v) is 8.83. The van der Waals surface area contributed by atoms with Crippen LogP contribution in [-0.2, 0) is 12.8 Å². The molecule has 4 heterocycles. The lowest BCUT2D eigenvalue weighted by Gasteiger charge is -2.34. The van der Waals surface area contributed by atoms with E-state index in [1.807, 2.05) is 12.4 Å². The second kappa shape index (κ2) is 8.76. The van der Waals surface area contributed by atoms with Gasteiger partial charge in [0.25, 0.3) is 0 Å². The Morgan fingerprint density at radius 3 is 2.73 bits per heavy atom. The molecule has 1 saturated heterocycles. The number of aromatic nitrogens is 2. The zero-order valence-electron chi connectivity index (χ0n) is 17.9. The molecule has 30 heavy (non-hydrogen) atoms. The first kappa shape index (κ1) is 19.6. The molecule has 1 fully saturated rings. The predicted octanol–water partition coefficient (Wildman–Crippen LogP) is 4.03. The molecule has 0 amide bonds. The Balaban J connectivity index is 1.19.